The predicted octanol–water partition coefficient (Wildman–Crippen LogP) is 1.25. The molecule has 0 bridgehead atoms. The van der Waals surface area contributed by atoms with E-state index in [1.165, 1.54) is 5.56 Å². The summed E-state index contributed by atoms with van der Waals surface area (Å²) in [5, 5.41) is 0. The quantitative estimate of drug-likeness (QED) is 0.685. The Morgan fingerprint density at radius 1 is 1.14 bits per heavy atom. The fourth-order valence-corrected chi connectivity index (χ4v) is 2.80. The highest BCUT2D eigenvalue weighted by Gasteiger charge is 2.18. The molecule has 1 heterocycles. The topological polar surface area (TPSA) is 26.3 Å². The molecular weight excluding hydrogens is 194 g/mol. The average Bonchev–Trinajstić information content (AvgIpc) is 2.23. The van der Waals surface area contributed by atoms with Crippen molar-refractivity contribution in [1.29, 1.82) is 0 Å². The van der Waals surface area contributed by atoms with Gasteiger partial charge in [0.05, 0.1) is 0 Å². The maximum Gasteiger partial charge on any atom is 0.118 e. The van der Waals surface area contributed by atoms with Crippen molar-refractivity contribution in [2.45, 2.75) is 6.54 Å². The van der Waals surface area contributed by atoms with Gasteiger partial charge in [0.1, 0.15) is 11.5 Å². The first kappa shape index (κ1) is 10.0. The molecule has 0 atom stereocenters. The molecule has 76 valence electrons. The van der Waals surface area contributed by atoms with Crippen LogP contribution in [0.4, 0.5) is 0 Å². The minimum absolute atomic E-state index is 0.561. The lowest BCUT2D eigenvalue weighted by molar-refractivity contribution is 0.287. The summed E-state index contributed by atoms with van der Waals surface area (Å²) in [6.07, 6.45) is 0. The van der Waals surface area contributed by atoms with Crippen LogP contribution in [0.25, 0.3) is 0 Å². The molecule has 3 heteroatoms. The van der Waals surface area contributed by atoms with Crippen molar-refractivity contribution in [3.05, 3.63) is 35.9 Å². The van der Waals surface area contributed by atoms with Gasteiger partial charge >= 0.3 is 0 Å². The van der Waals surface area contributed by atoms with E-state index in [0.29, 0.717) is 0 Å². The zero-order chi connectivity index (χ0) is 9.80. The van der Waals surface area contributed by atoms with Crippen molar-refractivity contribution in [2.24, 2.45) is 0 Å². The molecule has 0 saturated carbocycles. The second-order valence-corrected chi connectivity index (χ2v) is 5.31. The number of nitrogens with zero attached hydrogens (tertiary/aromatic N) is 1. The van der Waals surface area contributed by atoms with Crippen LogP contribution in [-0.4, -0.2) is 34.0 Å². The summed E-state index contributed by atoms with van der Waals surface area (Å²) in [7, 11) is 0. The Labute approximate surface area is 88.1 Å². The van der Waals surface area contributed by atoms with Crippen LogP contribution in [0, 0.1) is 0 Å². The molecule has 1 aromatic carbocycles. The third-order valence-electron chi connectivity index (χ3n) is 2.52. The lowest BCUT2D eigenvalue weighted by atomic mass is 10.2. The minimum atomic E-state index is -0.561. The van der Waals surface area contributed by atoms with Gasteiger partial charge in [-0.3, -0.25) is 4.90 Å². The fraction of sp³-hybridized carbons (Fsp3) is 0.455. The summed E-state index contributed by atoms with van der Waals surface area (Å²) < 4.78 is 11.1. The van der Waals surface area contributed by atoms with E-state index in [4.69, 9.17) is 0 Å². The molecule has 0 amide bonds. The van der Waals surface area contributed by atoms with Crippen molar-refractivity contribution in [1.82, 2.24) is 4.90 Å². The third-order valence-corrected chi connectivity index (χ3v) is 3.80. The third kappa shape index (κ3) is 2.74. The molecule has 14 heavy (non-hydrogen) atoms. The standard InChI is InChI=1S/C11H15NOS/c13-14-8-6-12(7-9-14)10-11-4-2-1-3-5-11/h1-5H,6-10H2. The highest BCUT2D eigenvalue weighted by Crippen LogP contribution is 2.09. The van der Waals surface area contributed by atoms with E-state index < -0.39 is 11.2 Å². The Hall–Kier alpha value is -0.510. The molecule has 0 unspecified atom stereocenters. The molecule has 0 radical (unpaired) electrons. The molecule has 1 aliphatic heterocycles. The van der Waals surface area contributed by atoms with Crippen molar-refractivity contribution in [3.63, 3.8) is 0 Å². The normalized spacial score (nSPS) is 19.8. The van der Waals surface area contributed by atoms with Crippen molar-refractivity contribution in [3.8, 4) is 0 Å². The van der Waals surface area contributed by atoms with Crippen LogP contribution in [0.3, 0.4) is 0 Å². The number of benzene rings is 1. The van der Waals surface area contributed by atoms with Crippen LogP contribution in [0.1, 0.15) is 5.56 Å². The predicted molar refractivity (Wildman–Crippen MR) is 59.6 cm³/mol. The van der Waals surface area contributed by atoms with Gasteiger partial charge in [-0.1, -0.05) is 41.5 Å². The summed E-state index contributed by atoms with van der Waals surface area (Å²) >= 11 is -0.561. The summed E-state index contributed by atoms with van der Waals surface area (Å²) in [5.74, 6) is 1.68. The average molecular weight is 209 g/mol. The van der Waals surface area contributed by atoms with Crippen LogP contribution in [0.2, 0.25) is 0 Å². The van der Waals surface area contributed by atoms with Crippen LogP contribution in [0.5, 0.6) is 0 Å². The molecule has 1 saturated heterocycles. The zero-order valence-electron chi connectivity index (χ0n) is 8.19. The summed E-state index contributed by atoms with van der Waals surface area (Å²) in [6, 6.07) is 10.5. The van der Waals surface area contributed by atoms with Gasteiger partial charge in [0.25, 0.3) is 0 Å². The lowest BCUT2D eigenvalue weighted by Gasteiger charge is -2.27. The fourth-order valence-electron chi connectivity index (χ4n) is 1.68. The van der Waals surface area contributed by atoms with E-state index in [-0.39, 0.29) is 0 Å². The molecule has 0 spiro atoms. The number of hydrogen-bond acceptors (Lipinski definition) is 2. The van der Waals surface area contributed by atoms with E-state index in [9.17, 15) is 4.55 Å². The lowest BCUT2D eigenvalue weighted by Crippen LogP contribution is -2.39. The van der Waals surface area contributed by atoms with Gasteiger partial charge in [-0.25, -0.2) is 0 Å². The van der Waals surface area contributed by atoms with E-state index in [2.05, 4.69) is 29.2 Å². The van der Waals surface area contributed by atoms with Crippen LogP contribution >= 0.6 is 0 Å². The molecule has 1 fully saturated rings. The van der Waals surface area contributed by atoms with Crippen molar-refractivity contribution < 1.29 is 4.55 Å². The second-order valence-electron chi connectivity index (χ2n) is 3.61. The molecule has 0 aromatic heterocycles. The zero-order valence-corrected chi connectivity index (χ0v) is 9.00. The first-order chi connectivity index (χ1) is 6.84. The molecule has 2 nitrogen and oxygen atoms in total. The van der Waals surface area contributed by atoms with Gasteiger partial charge in [0, 0.05) is 19.6 Å². The van der Waals surface area contributed by atoms with Gasteiger partial charge < -0.3 is 4.55 Å². The molecule has 0 aliphatic carbocycles. The second kappa shape index (κ2) is 4.82. The molecule has 2 rings (SSSR count). The van der Waals surface area contributed by atoms with Crippen molar-refractivity contribution in [2.75, 3.05) is 24.6 Å². The Kier molecular flexibility index (Phi) is 3.45. The highest BCUT2D eigenvalue weighted by molar-refractivity contribution is 7.91. The van der Waals surface area contributed by atoms with Crippen LogP contribution in [-0.2, 0) is 17.7 Å². The van der Waals surface area contributed by atoms with Gasteiger partial charge in [0.2, 0.25) is 0 Å². The summed E-state index contributed by atoms with van der Waals surface area (Å²) in [4.78, 5) is 2.37. The monoisotopic (exact) mass is 209 g/mol. The molecule has 0 N–H and O–H groups in total. The maximum absolute atomic E-state index is 11.1. The Bertz CT molecular complexity index is 270. The van der Waals surface area contributed by atoms with E-state index in [1.807, 2.05) is 6.07 Å². The Balaban J connectivity index is 1.87. The minimum Gasteiger partial charge on any atom is -0.616 e. The maximum atomic E-state index is 11.1. The summed E-state index contributed by atoms with van der Waals surface area (Å²) in [5.41, 5.74) is 1.35. The first-order valence-electron chi connectivity index (χ1n) is 4.96. The molecular formula is C11H15NOS. The first-order valence-corrected chi connectivity index (χ1v) is 6.44. The Morgan fingerprint density at radius 3 is 2.43 bits per heavy atom. The van der Waals surface area contributed by atoms with Gasteiger partial charge in [-0.15, -0.1) is 0 Å². The van der Waals surface area contributed by atoms with Crippen molar-refractivity contribution >= 4 is 11.2 Å². The number of rotatable bonds is 2. The van der Waals surface area contributed by atoms with Gasteiger partial charge in [0.15, 0.2) is 0 Å². The Morgan fingerprint density at radius 2 is 1.79 bits per heavy atom. The van der Waals surface area contributed by atoms with Crippen LogP contribution < -0.4 is 0 Å². The van der Waals surface area contributed by atoms with Crippen LogP contribution in [0.15, 0.2) is 30.3 Å². The smallest absolute Gasteiger partial charge is 0.118 e. The highest BCUT2D eigenvalue weighted by atomic mass is 32.2. The van der Waals surface area contributed by atoms with E-state index >= 15 is 0 Å². The van der Waals surface area contributed by atoms with E-state index in [0.717, 1.165) is 31.1 Å². The van der Waals surface area contributed by atoms with Gasteiger partial charge in [-0.2, -0.15) is 0 Å². The van der Waals surface area contributed by atoms with E-state index in [1.54, 1.807) is 0 Å². The number of hydrogen-bond donors (Lipinski definition) is 0. The largest absolute Gasteiger partial charge is 0.616 e. The van der Waals surface area contributed by atoms with Gasteiger partial charge in [-0.05, 0) is 5.56 Å². The SMILES string of the molecule is [O-][S+]1CCN(Cc2ccccc2)CC1. The molecule has 1 aliphatic rings. The molecule has 1 aromatic rings. The summed E-state index contributed by atoms with van der Waals surface area (Å²) in [6.45, 7) is 2.95.